The summed E-state index contributed by atoms with van der Waals surface area (Å²) in [5.74, 6) is -0.159. The number of hydrogen-bond acceptors (Lipinski definition) is 7. The lowest BCUT2D eigenvalue weighted by Gasteiger charge is -2.33. The van der Waals surface area contributed by atoms with E-state index in [0.717, 1.165) is 0 Å². The van der Waals surface area contributed by atoms with Gasteiger partial charge in [0.15, 0.2) is 0 Å². The molecule has 0 spiro atoms. The number of amides is 2. The summed E-state index contributed by atoms with van der Waals surface area (Å²) in [5.41, 5.74) is -0.873. The molecule has 2 rings (SSSR count). The maximum atomic E-state index is 12.1. The number of nitrogens with zero attached hydrogens (tertiary/aromatic N) is 4. The summed E-state index contributed by atoms with van der Waals surface area (Å²) in [6.45, 7) is 8.09. The van der Waals surface area contributed by atoms with Gasteiger partial charge in [-0.05, 0) is 40.5 Å². The van der Waals surface area contributed by atoms with Gasteiger partial charge in [-0.3, -0.25) is 20.1 Å². The van der Waals surface area contributed by atoms with E-state index in [2.05, 4.69) is 10.4 Å². The van der Waals surface area contributed by atoms with Crippen LogP contribution in [0.3, 0.4) is 0 Å². The summed E-state index contributed by atoms with van der Waals surface area (Å²) in [7, 11) is 0. The Labute approximate surface area is 156 Å². The molecule has 150 valence electrons. The van der Waals surface area contributed by atoms with Crippen molar-refractivity contribution in [2.24, 2.45) is 0 Å². The third-order valence-corrected chi connectivity index (χ3v) is 3.90. The summed E-state index contributed by atoms with van der Waals surface area (Å²) < 4.78 is 11.6. The number of likely N-dealkylation sites (tertiary alicyclic amines) is 1. The van der Waals surface area contributed by atoms with Crippen LogP contribution in [0.4, 0.5) is 21.1 Å². The van der Waals surface area contributed by atoms with Crippen molar-refractivity contribution in [1.82, 2.24) is 14.7 Å². The van der Waals surface area contributed by atoms with Gasteiger partial charge in [-0.15, -0.1) is 5.10 Å². The average Bonchev–Trinajstić information content (AvgIpc) is 2.97. The Morgan fingerprint density at radius 3 is 2.52 bits per heavy atom. The molecule has 0 atom stereocenters. The number of carbonyl (C=O) groups is 2. The second-order valence-electron chi connectivity index (χ2n) is 7.14. The number of rotatable bonds is 4. The smallest absolute Gasteiger partial charge is 0.413 e. The van der Waals surface area contributed by atoms with Gasteiger partial charge in [-0.1, -0.05) is 0 Å². The molecule has 1 aliphatic heterocycles. The summed E-state index contributed by atoms with van der Waals surface area (Å²) in [5, 5.41) is 17.6. The van der Waals surface area contributed by atoms with Crippen molar-refractivity contribution in [3.05, 3.63) is 16.3 Å². The van der Waals surface area contributed by atoms with Gasteiger partial charge < -0.3 is 14.4 Å². The predicted octanol–water partition coefficient (Wildman–Crippen LogP) is 2.93. The number of ether oxygens (including phenoxy) is 2. The molecule has 1 fully saturated rings. The maximum Gasteiger partial charge on any atom is 0.413 e. The van der Waals surface area contributed by atoms with Crippen LogP contribution in [-0.4, -0.2) is 57.1 Å². The minimum absolute atomic E-state index is 0.125. The fourth-order valence-electron chi connectivity index (χ4n) is 2.70. The normalized spacial score (nSPS) is 15.3. The third-order valence-electron chi connectivity index (χ3n) is 3.90. The molecule has 0 radical (unpaired) electrons. The molecular weight excluding hydrogens is 358 g/mol. The first kappa shape index (κ1) is 20.5. The summed E-state index contributed by atoms with van der Waals surface area (Å²) in [6.07, 6.45) is 1.24. The first-order valence-corrected chi connectivity index (χ1v) is 8.76. The maximum absolute atomic E-state index is 12.1. The second kappa shape index (κ2) is 8.23. The van der Waals surface area contributed by atoms with Gasteiger partial charge in [0.05, 0.1) is 17.6 Å². The highest BCUT2D eigenvalue weighted by Crippen LogP contribution is 2.29. The van der Waals surface area contributed by atoms with Crippen LogP contribution in [-0.2, 0) is 9.47 Å². The molecule has 0 aromatic carbocycles. The van der Waals surface area contributed by atoms with Crippen LogP contribution in [0.5, 0.6) is 0 Å². The fraction of sp³-hybridized carbons (Fsp3) is 0.688. The molecule has 0 saturated carbocycles. The van der Waals surface area contributed by atoms with Gasteiger partial charge in [0.1, 0.15) is 11.8 Å². The van der Waals surface area contributed by atoms with E-state index in [1.807, 2.05) is 0 Å². The Morgan fingerprint density at radius 1 is 1.37 bits per heavy atom. The Balaban J connectivity index is 2.04. The molecule has 1 saturated heterocycles. The summed E-state index contributed by atoms with van der Waals surface area (Å²) in [4.78, 5) is 35.9. The Hall–Kier alpha value is -2.85. The number of anilines is 1. The predicted molar refractivity (Wildman–Crippen MR) is 95.6 cm³/mol. The third kappa shape index (κ3) is 5.56. The van der Waals surface area contributed by atoms with Crippen LogP contribution < -0.4 is 5.32 Å². The summed E-state index contributed by atoms with van der Waals surface area (Å²) in [6, 6.07) is -0.125. The molecule has 0 aliphatic carbocycles. The van der Waals surface area contributed by atoms with Gasteiger partial charge in [0.2, 0.25) is 5.82 Å². The molecule has 11 heteroatoms. The van der Waals surface area contributed by atoms with Crippen molar-refractivity contribution in [3.63, 3.8) is 0 Å². The van der Waals surface area contributed by atoms with E-state index < -0.39 is 16.6 Å². The average molecular weight is 383 g/mol. The molecule has 0 bridgehead atoms. The Kier molecular flexibility index (Phi) is 6.24. The van der Waals surface area contributed by atoms with Gasteiger partial charge in [0, 0.05) is 13.1 Å². The Bertz CT molecular complexity index is 703. The van der Waals surface area contributed by atoms with Crippen LogP contribution in [0.15, 0.2) is 6.20 Å². The van der Waals surface area contributed by atoms with Crippen molar-refractivity contribution in [2.75, 3.05) is 25.0 Å². The van der Waals surface area contributed by atoms with E-state index >= 15 is 0 Å². The zero-order valence-corrected chi connectivity index (χ0v) is 15.9. The van der Waals surface area contributed by atoms with Crippen molar-refractivity contribution in [3.8, 4) is 0 Å². The lowest BCUT2D eigenvalue weighted by molar-refractivity contribution is -0.384. The quantitative estimate of drug-likeness (QED) is 0.625. The SMILES string of the molecule is CCOC(=O)Nc1nn(C2CCN(C(=O)OC(C)(C)C)CC2)cc1[N+](=O)[O-]. The monoisotopic (exact) mass is 383 g/mol. The van der Waals surface area contributed by atoms with Gasteiger partial charge in [-0.25, -0.2) is 9.59 Å². The molecule has 1 aliphatic rings. The first-order chi connectivity index (χ1) is 12.6. The number of nitro groups is 1. The van der Waals surface area contributed by atoms with E-state index in [-0.39, 0.29) is 30.2 Å². The minimum atomic E-state index is -0.800. The Morgan fingerprint density at radius 2 is 2.00 bits per heavy atom. The van der Waals surface area contributed by atoms with Crippen molar-refractivity contribution in [1.29, 1.82) is 0 Å². The molecule has 2 heterocycles. The lowest BCUT2D eigenvalue weighted by Crippen LogP contribution is -2.42. The molecular formula is C16H25N5O6. The second-order valence-corrected chi connectivity index (χ2v) is 7.14. The molecule has 2 amide bonds. The van der Waals surface area contributed by atoms with Crippen molar-refractivity contribution in [2.45, 2.75) is 52.2 Å². The summed E-state index contributed by atoms with van der Waals surface area (Å²) >= 11 is 0. The molecule has 27 heavy (non-hydrogen) atoms. The fourth-order valence-corrected chi connectivity index (χ4v) is 2.70. The highest BCUT2D eigenvalue weighted by Gasteiger charge is 2.30. The van der Waals surface area contributed by atoms with Crippen LogP contribution in [0.2, 0.25) is 0 Å². The van der Waals surface area contributed by atoms with Crippen molar-refractivity contribution < 1.29 is 24.0 Å². The number of hydrogen-bond donors (Lipinski definition) is 1. The van der Waals surface area contributed by atoms with E-state index in [1.54, 1.807) is 32.6 Å². The number of aromatic nitrogens is 2. The minimum Gasteiger partial charge on any atom is -0.450 e. The van der Waals surface area contributed by atoms with Crippen LogP contribution >= 0.6 is 0 Å². The van der Waals surface area contributed by atoms with E-state index in [1.165, 1.54) is 10.9 Å². The zero-order chi connectivity index (χ0) is 20.2. The highest BCUT2D eigenvalue weighted by molar-refractivity contribution is 5.86. The van der Waals surface area contributed by atoms with E-state index in [4.69, 9.17) is 9.47 Å². The first-order valence-electron chi connectivity index (χ1n) is 8.76. The van der Waals surface area contributed by atoms with E-state index in [0.29, 0.717) is 25.9 Å². The van der Waals surface area contributed by atoms with Crippen molar-refractivity contribution >= 4 is 23.7 Å². The standard InChI is InChI=1S/C16H25N5O6/c1-5-26-14(22)17-13-12(21(24)25)10-20(18-13)11-6-8-19(9-7-11)15(23)27-16(2,3)4/h10-11H,5-9H2,1-4H3,(H,17,18,22). The van der Waals surface area contributed by atoms with Gasteiger partial charge >= 0.3 is 17.9 Å². The molecule has 1 N–H and O–H groups in total. The number of piperidine rings is 1. The van der Waals surface area contributed by atoms with E-state index in [9.17, 15) is 19.7 Å². The highest BCUT2D eigenvalue weighted by atomic mass is 16.6. The lowest BCUT2D eigenvalue weighted by atomic mass is 10.1. The molecule has 0 unspecified atom stereocenters. The largest absolute Gasteiger partial charge is 0.450 e. The zero-order valence-electron chi connectivity index (χ0n) is 15.9. The number of nitrogens with one attached hydrogen (secondary N) is 1. The molecule has 1 aromatic heterocycles. The van der Waals surface area contributed by atoms with Gasteiger partial charge in [-0.2, -0.15) is 0 Å². The topological polar surface area (TPSA) is 129 Å². The van der Waals surface area contributed by atoms with Gasteiger partial charge in [0.25, 0.3) is 0 Å². The molecule has 11 nitrogen and oxygen atoms in total. The van der Waals surface area contributed by atoms with Crippen LogP contribution in [0.1, 0.15) is 46.6 Å². The van der Waals surface area contributed by atoms with Crippen LogP contribution in [0, 0.1) is 10.1 Å². The molecule has 1 aromatic rings. The number of carbonyl (C=O) groups excluding carboxylic acids is 2. The van der Waals surface area contributed by atoms with Crippen LogP contribution in [0.25, 0.3) is 0 Å².